The topological polar surface area (TPSA) is 0 Å². The number of hydrogen-bond acceptors (Lipinski definition) is 0. The Morgan fingerprint density at radius 2 is 0.741 bits per heavy atom. The Bertz CT molecular complexity index is 300. The third kappa shape index (κ3) is 52.7. The zero-order chi connectivity index (χ0) is 20.6. The summed E-state index contributed by atoms with van der Waals surface area (Å²) < 4.78 is 1.12. The van der Waals surface area contributed by atoms with Gasteiger partial charge in [0.25, 0.3) is 0 Å². The number of rotatable bonds is 15. The normalized spacial score (nSPS) is 13.1. The first-order chi connectivity index (χ1) is 11.8. The van der Waals surface area contributed by atoms with Crippen LogP contribution < -0.4 is 17.0 Å². The summed E-state index contributed by atoms with van der Waals surface area (Å²) in [7, 11) is 27.7. The van der Waals surface area contributed by atoms with Crippen LogP contribution in [-0.4, -0.2) is 32.2 Å². The summed E-state index contributed by atoms with van der Waals surface area (Å²) in [5.41, 5.74) is 0. The first kappa shape index (κ1) is 34.2. The minimum atomic E-state index is -4.44. The van der Waals surface area contributed by atoms with Gasteiger partial charge in [-0.3, -0.25) is 0 Å². The van der Waals surface area contributed by atoms with Crippen LogP contribution in [0.1, 0.15) is 96.8 Å². The fourth-order valence-corrected chi connectivity index (χ4v) is 2.78. The van der Waals surface area contributed by atoms with E-state index in [1.165, 1.54) is 96.4 Å². The van der Waals surface area contributed by atoms with Crippen LogP contribution in [0.15, 0.2) is 0 Å². The molecule has 8 heteroatoms. The molecule has 0 rings (SSSR count). The average Bonchev–Trinajstić information content (AvgIpc) is 2.44. The number of hydrogen-bond donors (Lipinski definition) is 0. The van der Waals surface area contributed by atoms with Crippen molar-refractivity contribution in [3.05, 3.63) is 0 Å². The zero-order valence-electron chi connectivity index (χ0n) is 17.8. The van der Waals surface area contributed by atoms with Gasteiger partial charge in [-0.05, 0) is 12.8 Å². The Morgan fingerprint density at radius 3 is 0.963 bits per heavy atom. The Morgan fingerprint density at radius 1 is 0.519 bits per heavy atom. The molecule has 0 saturated heterocycles. The summed E-state index contributed by atoms with van der Waals surface area (Å²) in [4.78, 5) is 0. The van der Waals surface area contributed by atoms with Gasteiger partial charge < -0.3 is 21.5 Å². The van der Waals surface area contributed by atoms with Crippen LogP contribution in [0.3, 0.4) is 0 Å². The van der Waals surface area contributed by atoms with Crippen LogP contribution in [0.25, 0.3) is 0 Å². The molecule has 1 nitrogen and oxygen atoms in total. The second kappa shape index (κ2) is 19.3. The minimum absolute atomic E-state index is 0. The summed E-state index contributed by atoms with van der Waals surface area (Å²) in [6.07, 6.45) is 20.4. The fourth-order valence-electron chi connectivity index (χ4n) is 2.78. The summed E-state index contributed by atoms with van der Waals surface area (Å²) >= 11 is 0. The third-order valence-electron chi connectivity index (χ3n) is 4.18. The van der Waals surface area contributed by atoms with Crippen molar-refractivity contribution in [2.75, 3.05) is 27.7 Å². The van der Waals surface area contributed by atoms with E-state index in [-0.39, 0.29) is 17.0 Å². The van der Waals surface area contributed by atoms with Crippen LogP contribution >= 0.6 is 45.9 Å². The fraction of sp³-hybridized carbons (Fsp3) is 1.00. The molecule has 0 N–H and O–H groups in total. The van der Waals surface area contributed by atoms with Crippen LogP contribution in [0.4, 0.5) is 0 Å². The summed E-state index contributed by atoms with van der Waals surface area (Å²) in [6, 6.07) is 0. The van der Waals surface area contributed by atoms with E-state index in [9.17, 15) is 0 Å². The van der Waals surface area contributed by atoms with Gasteiger partial charge in [0.15, 0.2) is 0 Å². The molecule has 27 heavy (non-hydrogen) atoms. The summed E-state index contributed by atoms with van der Waals surface area (Å²) in [5, 5.41) is 0. The predicted molar refractivity (Wildman–Crippen MR) is 122 cm³/mol. The number of unbranched alkanes of at least 4 members (excludes halogenated alkanes) is 13. The van der Waals surface area contributed by atoms with Gasteiger partial charge in [0.05, 0.1) is 27.7 Å². The van der Waals surface area contributed by atoms with E-state index in [0.29, 0.717) is 0 Å². The molecule has 0 spiro atoms. The molecule has 0 aromatic rings. The molecule has 0 aromatic heterocycles. The van der Waals surface area contributed by atoms with Crippen molar-refractivity contribution in [1.29, 1.82) is 0 Å². The third-order valence-corrected chi connectivity index (χ3v) is 4.18. The van der Waals surface area contributed by atoms with Crippen molar-refractivity contribution < 1.29 is 31.9 Å². The molecule has 0 aliphatic rings. The molecular weight excluding hydrogens is 680 g/mol. The monoisotopic (exact) mass is 719 g/mol. The second-order valence-corrected chi connectivity index (χ2v) is 54.7. The molecule has 0 bridgehead atoms. The van der Waals surface area contributed by atoms with Crippen molar-refractivity contribution in [3.8, 4) is 0 Å². The van der Waals surface area contributed by atoms with Crippen molar-refractivity contribution in [2.24, 2.45) is 0 Å². The van der Waals surface area contributed by atoms with E-state index in [0.717, 1.165) is 4.48 Å². The van der Waals surface area contributed by atoms with Crippen molar-refractivity contribution >= 4 is 45.9 Å². The van der Waals surface area contributed by atoms with E-state index in [4.69, 9.17) is 45.9 Å². The Hall–Kier alpha value is 2.63. The molecule has 0 aliphatic carbocycles. The van der Waals surface area contributed by atoms with Gasteiger partial charge in [-0.15, -0.1) is 0 Å². The molecule has 0 heterocycles. The van der Waals surface area contributed by atoms with E-state index in [2.05, 4.69) is 28.1 Å². The summed E-state index contributed by atoms with van der Waals surface area (Å²) in [5.74, 6) is 0. The molecule has 170 valence electrons. The Kier molecular flexibility index (Phi) is 24.5. The van der Waals surface area contributed by atoms with Gasteiger partial charge in [0.2, 0.25) is 0 Å². The number of halogens is 6. The summed E-state index contributed by atoms with van der Waals surface area (Å²) in [6.45, 7) is 3.63. The Labute approximate surface area is 200 Å². The van der Waals surface area contributed by atoms with E-state index >= 15 is 0 Å². The van der Waals surface area contributed by atoms with Crippen LogP contribution in [0, 0.1) is 0 Å². The quantitative estimate of drug-likeness (QED) is 0.132. The van der Waals surface area contributed by atoms with E-state index < -0.39 is 10.4 Å². The van der Waals surface area contributed by atoms with Crippen molar-refractivity contribution in [2.45, 2.75) is 96.8 Å². The van der Waals surface area contributed by atoms with Gasteiger partial charge >= 0.3 is 56.4 Å². The maximum atomic E-state index is 5.06. The molecule has 0 aromatic carbocycles. The Balaban J connectivity index is -0.000000709. The molecular formula is C19H42BrCl5NTa. The maximum absolute atomic E-state index is 5.06. The molecule has 0 unspecified atom stereocenters. The molecule has 0 atom stereocenters. The van der Waals surface area contributed by atoms with Crippen molar-refractivity contribution in [1.82, 2.24) is 0 Å². The standard InChI is InChI=1S/C19H42N.BrH.5ClH.Ta/c1-5-6-7-8-9-10-11-12-13-14-15-16-17-18-19-20(2,3)4;;;;;;;/h5-19H2,1-4H3;6*1H;/q+1;;;;;;;+5/p-6. The molecule has 0 amide bonds. The second-order valence-electron chi connectivity index (χ2n) is 8.25. The average molecular weight is 723 g/mol. The van der Waals surface area contributed by atoms with Gasteiger partial charge in [-0.25, -0.2) is 0 Å². The predicted octanol–water partition coefficient (Wildman–Crippen LogP) is 6.62. The molecule has 0 aliphatic heterocycles. The first-order valence-electron chi connectivity index (χ1n) is 10.2. The molecule has 0 fully saturated rings. The van der Waals surface area contributed by atoms with E-state index in [1.807, 2.05) is 0 Å². The first-order valence-corrected chi connectivity index (χ1v) is 30.1. The SMILES string of the molecule is CCCCCCCCCCCCCCCC[N+](C)(C)C.[Br-].[Cl][Ta]([Cl])([Cl])([Cl])[Cl]. The van der Waals surface area contributed by atoms with Gasteiger partial charge in [0, 0.05) is 0 Å². The van der Waals surface area contributed by atoms with E-state index in [1.54, 1.807) is 0 Å². The van der Waals surface area contributed by atoms with Gasteiger partial charge in [-0.1, -0.05) is 84.0 Å². The zero-order valence-corrected chi connectivity index (χ0v) is 26.3. The van der Waals surface area contributed by atoms with Gasteiger partial charge in [0.1, 0.15) is 0 Å². The van der Waals surface area contributed by atoms with Crippen LogP contribution in [-0.2, 0) is 10.4 Å². The molecule has 0 saturated carbocycles. The van der Waals surface area contributed by atoms with Crippen molar-refractivity contribution in [3.63, 3.8) is 0 Å². The van der Waals surface area contributed by atoms with Crippen LogP contribution in [0.2, 0.25) is 0 Å². The number of nitrogens with zero attached hydrogens (tertiary/aromatic N) is 1. The van der Waals surface area contributed by atoms with Crippen LogP contribution in [0.5, 0.6) is 0 Å². The number of quaternary nitrogens is 1. The van der Waals surface area contributed by atoms with Gasteiger partial charge in [-0.2, -0.15) is 0 Å². The molecule has 0 radical (unpaired) electrons.